The van der Waals surface area contributed by atoms with Crippen molar-refractivity contribution >= 4 is 9.84 Å². The molecule has 2 aromatic rings. The Balaban J connectivity index is 1.89. The fraction of sp³-hybridized carbons (Fsp3) is 0.529. The van der Waals surface area contributed by atoms with Gasteiger partial charge in [-0.15, -0.1) is 10.2 Å². The van der Waals surface area contributed by atoms with Crippen molar-refractivity contribution in [3.05, 3.63) is 29.8 Å². The van der Waals surface area contributed by atoms with Gasteiger partial charge in [-0.3, -0.25) is 4.57 Å². The van der Waals surface area contributed by atoms with Gasteiger partial charge in [-0.2, -0.15) is 0 Å². The van der Waals surface area contributed by atoms with E-state index in [0.29, 0.717) is 18.8 Å². The van der Waals surface area contributed by atoms with Crippen LogP contribution in [-0.4, -0.2) is 41.6 Å². The van der Waals surface area contributed by atoms with E-state index >= 15 is 0 Å². The molecule has 1 aromatic carbocycles. The highest BCUT2D eigenvalue weighted by molar-refractivity contribution is 7.91. The summed E-state index contributed by atoms with van der Waals surface area (Å²) >= 11 is 0. The molecule has 0 spiro atoms. The maximum atomic E-state index is 12.7. The topological polar surface area (TPSA) is 74.1 Å². The monoisotopic (exact) mass is 349 g/mol. The summed E-state index contributed by atoms with van der Waals surface area (Å²) in [5, 5.41) is 8.23. The molecule has 130 valence electrons. The van der Waals surface area contributed by atoms with Crippen LogP contribution >= 0.6 is 0 Å². The van der Waals surface area contributed by atoms with Gasteiger partial charge in [0.05, 0.1) is 11.9 Å². The van der Waals surface area contributed by atoms with E-state index in [1.165, 1.54) is 0 Å². The average molecular weight is 349 g/mol. The predicted molar refractivity (Wildman–Crippen MR) is 91.5 cm³/mol. The van der Waals surface area contributed by atoms with Crippen LogP contribution in [0.15, 0.2) is 29.4 Å². The van der Waals surface area contributed by atoms with Crippen molar-refractivity contribution in [2.24, 2.45) is 0 Å². The lowest BCUT2D eigenvalue weighted by molar-refractivity contribution is 0.109. The van der Waals surface area contributed by atoms with Gasteiger partial charge in [0.15, 0.2) is 5.82 Å². The molecule has 6 nitrogen and oxygen atoms in total. The van der Waals surface area contributed by atoms with E-state index in [1.807, 2.05) is 38.1 Å². The summed E-state index contributed by atoms with van der Waals surface area (Å²) in [5.74, 6) is 0.648. The minimum Gasteiger partial charge on any atom is -0.378 e. The number of nitrogens with zero attached hydrogens (tertiary/aromatic N) is 3. The molecule has 2 heterocycles. The van der Waals surface area contributed by atoms with E-state index in [2.05, 4.69) is 10.2 Å². The summed E-state index contributed by atoms with van der Waals surface area (Å²) in [4.78, 5) is 0. The third-order valence-corrected chi connectivity index (χ3v) is 6.06. The fourth-order valence-electron chi connectivity index (χ4n) is 3.08. The number of hydrogen-bond donors (Lipinski definition) is 0. The maximum Gasteiger partial charge on any atom is 0.249 e. The van der Waals surface area contributed by atoms with E-state index in [4.69, 9.17) is 4.74 Å². The summed E-state index contributed by atoms with van der Waals surface area (Å²) in [5.41, 5.74) is 1.95. The molecule has 1 aliphatic heterocycles. The van der Waals surface area contributed by atoms with Crippen LogP contribution in [0.25, 0.3) is 11.4 Å². The molecule has 3 rings (SSSR count). The number of aryl methyl sites for hydroxylation is 1. The lowest BCUT2D eigenvalue weighted by atomic mass is 10.1. The van der Waals surface area contributed by atoms with Crippen molar-refractivity contribution in [1.82, 2.24) is 14.8 Å². The first-order chi connectivity index (χ1) is 11.5. The van der Waals surface area contributed by atoms with Crippen LogP contribution in [0, 0.1) is 6.92 Å². The molecule has 24 heavy (non-hydrogen) atoms. The van der Waals surface area contributed by atoms with Gasteiger partial charge >= 0.3 is 0 Å². The first kappa shape index (κ1) is 17.1. The second kappa shape index (κ2) is 7.03. The Morgan fingerprint density at radius 2 is 2.08 bits per heavy atom. The van der Waals surface area contributed by atoms with E-state index in [-0.39, 0.29) is 17.0 Å². The van der Waals surface area contributed by atoms with Crippen LogP contribution in [-0.2, 0) is 21.1 Å². The van der Waals surface area contributed by atoms with E-state index < -0.39 is 9.84 Å². The van der Waals surface area contributed by atoms with Gasteiger partial charge in [0, 0.05) is 18.7 Å². The molecule has 1 saturated heterocycles. The smallest absolute Gasteiger partial charge is 0.249 e. The lowest BCUT2D eigenvalue weighted by Crippen LogP contribution is -2.18. The van der Waals surface area contributed by atoms with E-state index in [1.54, 1.807) is 4.57 Å². The summed E-state index contributed by atoms with van der Waals surface area (Å²) in [6.45, 7) is 5.12. The SMILES string of the molecule is CCn1c(-c2ccccc2C)nnc1S(=O)(=O)CCC1CCCO1. The van der Waals surface area contributed by atoms with Gasteiger partial charge in [-0.25, -0.2) is 8.42 Å². The Hall–Kier alpha value is -1.73. The summed E-state index contributed by atoms with van der Waals surface area (Å²) in [7, 11) is -3.48. The Labute approximate surface area is 142 Å². The van der Waals surface area contributed by atoms with E-state index in [0.717, 1.165) is 30.6 Å². The Morgan fingerprint density at radius 1 is 1.29 bits per heavy atom. The highest BCUT2D eigenvalue weighted by atomic mass is 32.2. The second-order valence-corrected chi connectivity index (χ2v) is 8.11. The molecular formula is C17H23N3O3S. The van der Waals surface area contributed by atoms with Gasteiger partial charge < -0.3 is 4.74 Å². The molecule has 1 aliphatic rings. The minimum atomic E-state index is -3.48. The molecule has 0 bridgehead atoms. The molecule has 1 unspecified atom stereocenters. The van der Waals surface area contributed by atoms with Gasteiger partial charge in [0.2, 0.25) is 15.0 Å². The van der Waals surface area contributed by atoms with Crippen molar-refractivity contribution in [2.45, 2.75) is 50.9 Å². The Bertz CT molecular complexity index is 808. The van der Waals surface area contributed by atoms with E-state index in [9.17, 15) is 8.42 Å². The van der Waals surface area contributed by atoms with Crippen LogP contribution in [0.3, 0.4) is 0 Å². The zero-order valence-corrected chi connectivity index (χ0v) is 14.9. The maximum absolute atomic E-state index is 12.7. The first-order valence-electron chi connectivity index (χ1n) is 8.36. The number of benzene rings is 1. The summed E-state index contributed by atoms with van der Waals surface area (Å²) in [6.07, 6.45) is 2.50. The Morgan fingerprint density at radius 3 is 2.75 bits per heavy atom. The largest absolute Gasteiger partial charge is 0.378 e. The number of aromatic nitrogens is 3. The van der Waals surface area contributed by atoms with Crippen LogP contribution in [0.5, 0.6) is 0 Å². The van der Waals surface area contributed by atoms with Crippen molar-refractivity contribution in [3.63, 3.8) is 0 Å². The van der Waals surface area contributed by atoms with Crippen molar-refractivity contribution < 1.29 is 13.2 Å². The third kappa shape index (κ3) is 3.37. The van der Waals surface area contributed by atoms with Crippen molar-refractivity contribution in [3.8, 4) is 11.4 Å². The van der Waals surface area contributed by atoms with Gasteiger partial charge in [-0.05, 0) is 38.7 Å². The highest BCUT2D eigenvalue weighted by Crippen LogP contribution is 2.25. The predicted octanol–water partition coefficient (Wildman–Crippen LogP) is 2.62. The zero-order valence-electron chi connectivity index (χ0n) is 14.1. The number of rotatable bonds is 6. The molecule has 1 atom stereocenters. The zero-order chi connectivity index (χ0) is 17.2. The molecule has 1 aromatic heterocycles. The number of sulfone groups is 1. The lowest BCUT2D eigenvalue weighted by Gasteiger charge is -2.11. The molecule has 0 amide bonds. The second-order valence-electron chi connectivity index (χ2n) is 6.11. The van der Waals surface area contributed by atoms with Crippen LogP contribution in [0.2, 0.25) is 0 Å². The molecule has 7 heteroatoms. The summed E-state index contributed by atoms with van der Waals surface area (Å²) < 4.78 is 32.7. The summed E-state index contributed by atoms with van der Waals surface area (Å²) in [6, 6.07) is 7.79. The molecule has 0 N–H and O–H groups in total. The van der Waals surface area contributed by atoms with Gasteiger partial charge in [-0.1, -0.05) is 24.3 Å². The van der Waals surface area contributed by atoms with Crippen molar-refractivity contribution in [1.29, 1.82) is 0 Å². The van der Waals surface area contributed by atoms with Gasteiger partial charge in [0.25, 0.3) is 0 Å². The van der Waals surface area contributed by atoms with Crippen LogP contribution in [0.4, 0.5) is 0 Å². The average Bonchev–Trinajstić information content (AvgIpc) is 3.23. The standard InChI is InChI=1S/C17H23N3O3S/c1-3-20-16(15-9-5-4-7-13(15)2)18-19-17(20)24(21,22)12-10-14-8-6-11-23-14/h4-5,7,9,14H,3,6,8,10-12H2,1-2H3. The molecule has 0 saturated carbocycles. The van der Waals surface area contributed by atoms with Crippen LogP contribution in [0.1, 0.15) is 31.7 Å². The third-order valence-electron chi connectivity index (χ3n) is 4.43. The minimum absolute atomic E-state index is 0.0452. The Kier molecular flexibility index (Phi) is 5.01. The normalized spacial score (nSPS) is 18.2. The van der Waals surface area contributed by atoms with Crippen molar-refractivity contribution in [2.75, 3.05) is 12.4 Å². The molecule has 1 fully saturated rings. The molecule has 0 aliphatic carbocycles. The fourth-order valence-corrected chi connectivity index (χ4v) is 4.55. The molecular weight excluding hydrogens is 326 g/mol. The van der Waals surface area contributed by atoms with Crippen LogP contribution < -0.4 is 0 Å². The number of hydrogen-bond acceptors (Lipinski definition) is 5. The first-order valence-corrected chi connectivity index (χ1v) is 10.0. The van der Waals surface area contributed by atoms with Gasteiger partial charge in [0.1, 0.15) is 0 Å². The quantitative estimate of drug-likeness (QED) is 0.801. The molecule has 0 radical (unpaired) electrons. The highest BCUT2D eigenvalue weighted by Gasteiger charge is 2.27. The number of ether oxygens (including phenoxy) is 1.